The molecule has 4 fully saturated rings. The number of aryl methyl sites for hydroxylation is 1. The van der Waals surface area contributed by atoms with Crippen LogP contribution in [-0.2, 0) is 35.1 Å². The number of carboxylic acid groups (broad SMARTS) is 1. The van der Waals surface area contributed by atoms with E-state index in [9.17, 15) is 24.3 Å². The van der Waals surface area contributed by atoms with Gasteiger partial charge in [0.05, 0.1) is 25.6 Å². The third kappa shape index (κ3) is 7.68. The van der Waals surface area contributed by atoms with Crippen LogP contribution in [0.25, 0.3) is 11.5 Å². The van der Waals surface area contributed by atoms with Crippen LogP contribution in [0, 0.1) is 24.7 Å². The van der Waals surface area contributed by atoms with Gasteiger partial charge in [0, 0.05) is 18.2 Å². The first-order valence-electron chi connectivity index (χ1n) is 15.0. The van der Waals surface area contributed by atoms with Gasteiger partial charge in [0.2, 0.25) is 11.8 Å². The second kappa shape index (κ2) is 14.1. The highest BCUT2D eigenvalue weighted by Gasteiger charge is 2.43. The lowest BCUT2D eigenvalue weighted by Gasteiger charge is -2.35. The van der Waals surface area contributed by atoms with Crippen molar-refractivity contribution in [2.24, 2.45) is 17.8 Å². The summed E-state index contributed by atoms with van der Waals surface area (Å²) in [7, 11) is 1.63. The minimum Gasteiger partial charge on any atom is -0.497 e. The molecule has 1 aromatic carbocycles. The quantitative estimate of drug-likeness (QED) is 0.293. The van der Waals surface area contributed by atoms with Crippen LogP contribution >= 0.6 is 0 Å². The fourth-order valence-electron chi connectivity index (χ4n) is 5.83. The maximum atomic E-state index is 12.5. The fraction of sp³-hybridized carbons (Fsp3) is 0.581. The van der Waals surface area contributed by atoms with E-state index >= 15 is 0 Å². The van der Waals surface area contributed by atoms with Gasteiger partial charge < -0.3 is 38.5 Å². The number of nitrogens with one attached hydrogen (secondary N) is 1. The first-order valence-corrected chi connectivity index (χ1v) is 15.0. The fourth-order valence-corrected chi connectivity index (χ4v) is 5.83. The number of aliphatic carboxylic acids is 1. The number of fused-ring (bicyclic) bond motifs is 1. The predicted octanol–water partition coefficient (Wildman–Crippen LogP) is 4.78. The number of oxazole rings is 1. The molecule has 1 aromatic heterocycles. The summed E-state index contributed by atoms with van der Waals surface area (Å²) in [5.41, 5.74) is 1.63. The van der Waals surface area contributed by atoms with Crippen LogP contribution in [0.5, 0.6) is 5.75 Å². The first kappa shape index (κ1) is 31.3. The molecule has 4 unspecified atom stereocenters. The van der Waals surface area contributed by atoms with E-state index in [1.165, 1.54) is 0 Å². The number of methoxy groups -OCH3 is 1. The predicted molar refractivity (Wildman–Crippen MR) is 151 cm³/mol. The number of aromatic nitrogens is 1. The summed E-state index contributed by atoms with van der Waals surface area (Å²) in [6, 6.07) is 7.67. The van der Waals surface area contributed by atoms with E-state index in [0.29, 0.717) is 37.9 Å². The van der Waals surface area contributed by atoms with Gasteiger partial charge in [-0.15, -0.1) is 0 Å². The Balaban J connectivity index is 0.000000291. The SMILES string of the molecule is COc1cccc(-c2nc(COCC3CCCC(NC(=O)C4CCC4C(=O)O)C3)c(C)o2)c1.O=C1OC(=O)O[C@@H]2CC[C@@H]2O1. The molecule has 2 aromatic rings. The number of benzene rings is 1. The van der Waals surface area contributed by atoms with E-state index in [4.69, 9.17) is 13.9 Å². The van der Waals surface area contributed by atoms with E-state index < -0.39 is 24.2 Å². The Kier molecular flexibility index (Phi) is 10.0. The number of rotatable bonds is 9. The summed E-state index contributed by atoms with van der Waals surface area (Å²) < 4.78 is 30.5. The molecule has 238 valence electrons. The molecule has 1 aliphatic heterocycles. The van der Waals surface area contributed by atoms with E-state index in [-0.39, 0.29) is 30.1 Å². The molecule has 13 nitrogen and oxygen atoms in total. The zero-order valence-electron chi connectivity index (χ0n) is 24.8. The number of carbonyl (C=O) groups is 4. The molecular weight excluding hydrogens is 576 g/mol. The van der Waals surface area contributed by atoms with Gasteiger partial charge in [-0.25, -0.2) is 14.6 Å². The molecule has 1 saturated heterocycles. The van der Waals surface area contributed by atoms with Crippen LogP contribution in [0.2, 0.25) is 0 Å². The molecule has 4 aliphatic rings. The van der Waals surface area contributed by atoms with Gasteiger partial charge in [0.25, 0.3) is 0 Å². The van der Waals surface area contributed by atoms with Crippen molar-refractivity contribution in [3.05, 3.63) is 35.7 Å². The normalized spacial score (nSPS) is 27.3. The van der Waals surface area contributed by atoms with E-state index in [2.05, 4.69) is 24.5 Å². The smallest absolute Gasteiger partial charge is 0.497 e. The van der Waals surface area contributed by atoms with Gasteiger partial charge in [-0.2, -0.15) is 0 Å². The molecule has 0 radical (unpaired) electrons. The Labute approximate surface area is 254 Å². The number of amides is 1. The van der Waals surface area contributed by atoms with Gasteiger partial charge in [-0.1, -0.05) is 12.5 Å². The summed E-state index contributed by atoms with van der Waals surface area (Å²) in [4.78, 5) is 49.3. The monoisotopic (exact) mass is 614 g/mol. The highest BCUT2D eigenvalue weighted by atomic mass is 16.8. The molecule has 44 heavy (non-hydrogen) atoms. The lowest BCUT2D eigenvalue weighted by atomic mass is 9.73. The van der Waals surface area contributed by atoms with Crippen LogP contribution in [0.4, 0.5) is 9.59 Å². The van der Waals surface area contributed by atoms with E-state index in [0.717, 1.165) is 61.3 Å². The molecule has 0 bridgehead atoms. The lowest BCUT2D eigenvalue weighted by Crippen LogP contribution is -2.48. The Hall–Kier alpha value is -4.13. The molecular formula is C31H38N2O11. The maximum absolute atomic E-state index is 12.5. The zero-order valence-corrected chi connectivity index (χ0v) is 24.8. The summed E-state index contributed by atoms with van der Waals surface area (Å²) in [6.07, 6.45) is 4.12. The number of cyclic esters (lactones) is 2. The summed E-state index contributed by atoms with van der Waals surface area (Å²) >= 11 is 0. The van der Waals surface area contributed by atoms with Crippen LogP contribution in [0.3, 0.4) is 0 Å². The average molecular weight is 615 g/mol. The molecule has 3 saturated carbocycles. The van der Waals surface area contributed by atoms with Gasteiger partial charge in [0.1, 0.15) is 29.4 Å². The van der Waals surface area contributed by atoms with Crippen LogP contribution in [-0.4, -0.2) is 66.2 Å². The number of nitrogens with zero attached hydrogens (tertiary/aromatic N) is 1. The Morgan fingerprint density at radius 1 is 1.02 bits per heavy atom. The number of carbonyl (C=O) groups excluding carboxylic acids is 3. The first-order chi connectivity index (χ1) is 21.2. The third-order valence-electron chi connectivity index (χ3n) is 8.67. The maximum Gasteiger partial charge on any atom is 0.518 e. The highest BCUT2D eigenvalue weighted by molar-refractivity contribution is 5.86. The average Bonchev–Trinajstić information content (AvgIpc) is 3.29. The third-order valence-corrected chi connectivity index (χ3v) is 8.67. The molecule has 0 spiro atoms. The highest BCUT2D eigenvalue weighted by Crippen LogP contribution is 2.35. The van der Waals surface area contributed by atoms with Crippen LogP contribution in [0.15, 0.2) is 28.7 Å². The van der Waals surface area contributed by atoms with Crippen molar-refractivity contribution < 1.29 is 52.4 Å². The number of hydrogen-bond donors (Lipinski definition) is 2. The molecule has 13 heteroatoms. The standard InChI is InChI=1S/C25H32N2O6.C6H6O5/c1-15-22(27-24(33-15)17-6-4-8-19(12-17)31-2)14-32-13-16-5-3-7-18(11-16)26-23(28)20-9-10-21(20)25(29)30;7-5-9-3-1-2-4(3)10-6(8)11-5/h4,6,8,12,16,18,20-21H,3,5,7,9-11,13-14H2,1-2H3,(H,26,28)(H,29,30);3-4H,1-2H2/t;3-,4+. The van der Waals surface area contributed by atoms with Gasteiger partial charge >= 0.3 is 18.3 Å². The summed E-state index contributed by atoms with van der Waals surface area (Å²) in [6.45, 7) is 2.84. The van der Waals surface area contributed by atoms with Gasteiger partial charge in [-0.05, 0) is 76.0 Å². The van der Waals surface area contributed by atoms with Crippen molar-refractivity contribution in [3.8, 4) is 17.2 Å². The van der Waals surface area contributed by atoms with Crippen molar-refractivity contribution in [3.63, 3.8) is 0 Å². The van der Waals surface area contributed by atoms with E-state index in [1.807, 2.05) is 31.2 Å². The minimum atomic E-state index is -0.956. The van der Waals surface area contributed by atoms with Crippen molar-refractivity contribution in [1.29, 1.82) is 0 Å². The molecule has 2 N–H and O–H groups in total. The van der Waals surface area contributed by atoms with Gasteiger partial charge in [-0.3, -0.25) is 9.59 Å². The number of hydrogen-bond acceptors (Lipinski definition) is 11. The second-order valence-corrected chi connectivity index (χ2v) is 11.6. The zero-order chi connectivity index (χ0) is 31.2. The van der Waals surface area contributed by atoms with Crippen molar-refractivity contribution in [2.75, 3.05) is 13.7 Å². The van der Waals surface area contributed by atoms with Crippen molar-refractivity contribution in [1.82, 2.24) is 10.3 Å². The second-order valence-electron chi connectivity index (χ2n) is 11.6. The largest absolute Gasteiger partial charge is 0.518 e. The Morgan fingerprint density at radius 2 is 1.75 bits per heavy atom. The molecule has 6 rings (SSSR count). The molecule has 6 atom stereocenters. The Bertz CT molecular complexity index is 1340. The van der Waals surface area contributed by atoms with Crippen molar-refractivity contribution in [2.45, 2.75) is 83.1 Å². The Morgan fingerprint density at radius 3 is 2.39 bits per heavy atom. The topological polar surface area (TPSA) is 173 Å². The molecule has 3 aliphatic carbocycles. The van der Waals surface area contributed by atoms with E-state index in [1.54, 1.807) is 7.11 Å². The molecule has 1 amide bonds. The number of ether oxygens (including phenoxy) is 5. The van der Waals surface area contributed by atoms with Crippen molar-refractivity contribution >= 4 is 24.2 Å². The number of carboxylic acids is 1. The minimum absolute atomic E-state index is 0.0864. The van der Waals surface area contributed by atoms with Crippen LogP contribution in [0.1, 0.15) is 62.8 Å². The molecule has 2 heterocycles. The van der Waals surface area contributed by atoms with Gasteiger partial charge in [0.15, 0.2) is 0 Å². The van der Waals surface area contributed by atoms with Crippen LogP contribution < -0.4 is 10.1 Å². The summed E-state index contributed by atoms with van der Waals surface area (Å²) in [5.74, 6) is 0.490. The summed E-state index contributed by atoms with van der Waals surface area (Å²) in [5, 5.41) is 12.3. The lowest BCUT2D eigenvalue weighted by molar-refractivity contribution is -0.153.